The van der Waals surface area contributed by atoms with Gasteiger partial charge in [-0.2, -0.15) is 0 Å². The third-order valence-corrected chi connectivity index (χ3v) is 6.12. The molecule has 0 saturated heterocycles. The molecule has 0 saturated carbocycles. The summed E-state index contributed by atoms with van der Waals surface area (Å²) in [7, 11) is 0. The summed E-state index contributed by atoms with van der Waals surface area (Å²) in [5.41, 5.74) is 12.5. The van der Waals surface area contributed by atoms with E-state index in [1.165, 1.54) is 29.2 Å². The maximum Gasteiger partial charge on any atom is 0.240 e. The molecule has 4 N–H and O–H groups in total. The van der Waals surface area contributed by atoms with Crippen LogP contribution in [-0.2, 0) is 4.79 Å². The lowest BCUT2D eigenvalue weighted by Crippen LogP contribution is -2.39. The van der Waals surface area contributed by atoms with Crippen LogP contribution in [0.2, 0.25) is 0 Å². The molecule has 0 bridgehead atoms. The number of halogens is 1. The molecule has 172 valence electrons. The third kappa shape index (κ3) is 4.89. The van der Waals surface area contributed by atoms with E-state index in [1.54, 1.807) is 31.2 Å². The Balaban J connectivity index is 1.61. The van der Waals surface area contributed by atoms with Crippen molar-refractivity contribution in [3.63, 3.8) is 0 Å². The van der Waals surface area contributed by atoms with Crippen LogP contribution in [0.15, 0.2) is 78.9 Å². The first-order chi connectivity index (χ1) is 16.3. The molecule has 1 unspecified atom stereocenters. The van der Waals surface area contributed by atoms with E-state index in [1.807, 2.05) is 30.3 Å². The largest absolute Gasteiger partial charge is 0.457 e. The Hall–Kier alpha value is -4.24. The Morgan fingerprint density at radius 3 is 2.21 bits per heavy atom. The van der Waals surface area contributed by atoms with Crippen molar-refractivity contribution in [1.82, 2.24) is 4.98 Å². The molecule has 0 radical (unpaired) electrons. The summed E-state index contributed by atoms with van der Waals surface area (Å²) in [4.78, 5) is 31.1. The highest BCUT2D eigenvalue weighted by Crippen LogP contribution is 2.36. The van der Waals surface area contributed by atoms with Gasteiger partial charge in [0.15, 0.2) is 5.13 Å². The van der Waals surface area contributed by atoms with Crippen molar-refractivity contribution < 1.29 is 18.7 Å². The number of nitrogens with two attached hydrogens (primary N) is 2. The van der Waals surface area contributed by atoms with Gasteiger partial charge in [0, 0.05) is 11.3 Å². The summed E-state index contributed by atoms with van der Waals surface area (Å²) in [6, 6.07) is 20.7. The highest BCUT2D eigenvalue weighted by Gasteiger charge is 2.27. The van der Waals surface area contributed by atoms with Crippen LogP contribution in [-0.4, -0.2) is 22.7 Å². The van der Waals surface area contributed by atoms with E-state index in [-0.39, 0.29) is 16.5 Å². The Bertz CT molecular complexity index is 1310. The van der Waals surface area contributed by atoms with E-state index in [0.29, 0.717) is 27.9 Å². The van der Waals surface area contributed by atoms with Crippen molar-refractivity contribution in [3.05, 3.63) is 95.1 Å². The van der Waals surface area contributed by atoms with Crippen molar-refractivity contribution >= 4 is 39.7 Å². The number of carbonyl (C=O) groups excluding carboxylic acids is 2. The van der Waals surface area contributed by atoms with Gasteiger partial charge >= 0.3 is 0 Å². The number of aromatic nitrogens is 1. The Labute approximate surface area is 199 Å². The molecule has 1 heterocycles. The molecule has 1 atom stereocenters. The zero-order valence-corrected chi connectivity index (χ0v) is 19.0. The molecule has 34 heavy (non-hydrogen) atoms. The molecule has 4 aromatic rings. The summed E-state index contributed by atoms with van der Waals surface area (Å²) < 4.78 is 19.2. The van der Waals surface area contributed by atoms with Crippen molar-refractivity contribution in [3.8, 4) is 11.5 Å². The maximum atomic E-state index is 13.4. The molecule has 0 aliphatic rings. The first-order valence-corrected chi connectivity index (χ1v) is 11.1. The van der Waals surface area contributed by atoms with E-state index in [0.717, 1.165) is 11.3 Å². The van der Waals surface area contributed by atoms with Crippen LogP contribution in [0.25, 0.3) is 0 Å². The highest BCUT2D eigenvalue weighted by molar-refractivity contribution is 7.18. The molecule has 3 aromatic carbocycles. The second-order valence-corrected chi connectivity index (χ2v) is 8.38. The van der Waals surface area contributed by atoms with Crippen molar-refractivity contribution in [2.24, 2.45) is 5.73 Å². The van der Waals surface area contributed by atoms with Crippen LogP contribution < -0.4 is 21.1 Å². The maximum absolute atomic E-state index is 13.4. The van der Waals surface area contributed by atoms with Crippen molar-refractivity contribution in [2.75, 3.05) is 10.6 Å². The molecule has 0 aliphatic carbocycles. The lowest BCUT2D eigenvalue weighted by atomic mass is 10.1. The van der Waals surface area contributed by atoms with E-state index < -0.39 is 17.8 Å². The second kappa shape index (κ2) is 9.72. The van der Waals surface area contributed by atoms with Gasteiger partial charge in [-0.3, -0.25) is 9.59 Å². The number of hydrogen-bond donors (Lipinski definition) is 2. The number of benzene rings is 3. The Kier molecular flexibility index (Phi) is 6.55. The number of primary amides is 1. The molecule has 7 nitrogen and oxygen atoms in total. The fraction of sp³-hybridized carbons (Fsp3) is 0.0800. The molecule has 4 rings (SSSR count). The van der Waals surface area contributed by atoms with Gasteiger partial charge in [-0.05, 0) is 67.6 Å². The average Bonchev–Trinajstić information content (AvgIpc) is 3.22. The van der Waals surface area contributed by atoms with Gasteiger partial charge in [-0.15, -0.1) is 0 Å². The molecular formula is C25H21FN4O3S. The lowest BCUT2D eigenvalue weighted by Gasteiger charge is -2.26. The summed E-state index contributed by atoms with van der Waals surface area (Å²) in [6.07, 6.45) is 0. The Morgan fingerprint density at radius 2 is 1.59 bits per heavy atom. The first kappa shape index (κ1) is 22.9. The van der Waals surface area contributed by atoms with Gasteiger partial charge in [0.05, 0.1) is 0 Å². The second-order valence-electron chi connectivity index (χ2n) is 7.40. The molecule has 0 aliphatic heterocycles. The van der Waals surface area contributed by atoms with Crippen molar-refractivity contribution in [1.29, 1.82) is 0 Å². The number of ketones is 1. The standard InChI is InChI=1S/C25H21FN4O3S/c1-15(24(28)32)30(18-11-9-17(26)10-12-18)25-29-23(27)22(34-25)21(31)16-7-13-20(14-8-16)33-19-5-3-2-4-6-19/h2-15H,27H2,1H3,(H2,28,32). The summed E-state index contributed by atoms with van der Waals surface area (Å²) in [5, 5.41) is 0.294. The van der Waals surface area contributed by atoms with Gasteiger partial charge in [-0.25, -0.2) is 9.37 Å². The summed E-state index contributed by atoms with van der Waals surface area (Å²) in [5.74, 6) is -0.0674. The van der Waals surface area contributed by atoms with Crippen LogP contribution in [0.3, 0.4) is 0 Å². The smallest absolute Gasteiger partial charge is 0.240 e. The normalized spacial score (nSPS) is 11.6. The third-order valence-electron chi connectivity index (χ3n) is 5.05. The Morgan fingerprint density at radius 1 is 0.971 bits per heavy atom. The summed E-state index contributed by atoms with van der Waals surface area (Å²) in [6.45, 7) is 1.59. The molecule has 0 spiro atoms. The number of nitrogens with zero attached hydrogens (tertiary/aromatic N) is 2. The SMILES string of the molecule is CC(C(N)=O)N(c1ccc(F)cc1)c1nc(N)c(C(=O)c2ccc(Oc3ccccc3)cc2)s1. The van der Waals surface area contributed by atoms with Crippen LogP contribution in [0.4, 0.5) is 21.0 Å². The number of ether oxygens (including phenoxy) is 1. The molecule has 9 heteroatoms. The number of hydrogen-bond acceptors (Lipinski definition) is 7. The van der Waals surface area contributed by atoms with E-state index in [9.17, 15) is 14.0 Å². The van der Waals surface area contributed by atoms with Gasteiger partial charge in [-0.1, -0.05) is 29.5 Å². The highest BCUT2D eigenvalue weighted by atomic mass is 32.1. The predicted octanol–water partition coefficient (Wildman–Crippen LogP) is 4.90. The van der Waals surface area contributed by atoms with E-state index in [4.69, 9.17) is 16.2 Å². The van der Waals surface area contributed by atoms with E-state index in [2.05, 4.69) is 4.98 Å². The predicted molar refractivity (Wildman–Crippen MR) is 130 cm³/mol. The molecule has 1 amide bonds. The quantitative estimate of drug-likeness (QED) is 0.350. The zero-order chi connectivity index (χ0) is 24.2. The van der Waals surface area contributed by atoms with Crippen LogP contribution in [0.5, 0.6) is 11.5 Å². The minimum atomic E-state index is -0.812. The van der Waals surface area contributed by atoms with E-state index >= 15 is 0 Å². The number of carbonyl (C=O) groups is 2. The number of rotatable bonds is 8. The number of amides is 1. The molecule has 1 aromatic heterocycles. The topological polar surface area (TPSA) is 112 Å². The average molecular weight is 477 g/mol. The van der Waals surface area contributed by atoms with Gasteiger partial charge in [0.2, 0.25) is 11.7 Å². The number of nitrogen functional groups attached to an aromatic ring is 1. The molecular weight excluding hydrogens is 455 g/mol. The number of anilines is 3. The minimum absolute atomic E-state index is 0.0263. The van der Waals surface area contributed by atoms with Gasteiger partial charge < -0.3 is 21.1 Å². The van der Waals surface area contributed by atoms with Crippen LogP contribution >= 0.6 is 11.3 Å². The van der Waals surface area contributed by atoms with Crippen LogP contribution in [0, 0.1) is 5.82 Å². The van der Waals surface area contributed by atoms with Crippen LogP contribution in [0.1, 0.15) is 22.2 Å². The number of thiazole rings is 1. The zero-order valence-electron chi connectivity index (χ0n) is 18.1. The lowest BCUT2D eigenvalue weighted by molar-refractivity contribution is -0.118. The van der Waals surface area contributed by atoms with Crippen molar-refractivity contribution in [2.45, 2.75) is 13.0 Å². The fourth-order valence-corrected chi connectivity index (χ4v) is 4.29. The number of para-hydroxylation sites is 1. The molecule has 0 fully saturated rings. The minimum Gasteiger partial charge on any atom is -0.457 e. The van der Waals surface area contributed by atoms with Gasteiger partial charge in [0.1, 0.15) is 34.1 Å². The monoisotopic (exact) mass is 476 g/mol. The van der Waals surface area contributed by atoms with Gasteiger partial charge in [0.25, 0.3) is 0 Å². The first-order valence-electron chi connectivity index (χ1n) is 10.3. The fourth-order valence-electron chi connectivity index (χ4n) is 3.24. The summed E-state index contributed by atoms with van der Waals surface area (Å²) >= 11 is 1.03.